The van der Waals surface area contributed by atoms with Gasteiger partial charge in [0.25, 0.3) is 0 Å². The highest BCUT2D eigenvalue weighted by Gasteiger charge is 2.04. The van der Waals surface area contributed by atoms with E-state index in [2.05, 4.69) is 5.32 Å². The molecule has 0 bridgehead atoms. The quantitative estimate of drug-likeness (QED) is 0.832. The summed E-state index contributed by atoms with van der Waals surface area (Å²) in [4.78, 5) is 11.5. The highest BCUT2D eigenvalue weighted by Crippen LogP contribution is 2.05. The number of aryl methyl sites for hydroxylation is 1. The molecule has 0 aliphatic rings. The molecule has 1 unspecified atom stereocenters. The van der Waals surface area contributed by atoms with E-state index in [4.69, 9.17) is 5.73 Å². The Morgan fingerprint density at radius 3 is 2.56 bits per heavy atom. The highest BCUT2D eigenvalue weighted by molar-refractivity contribution is 5.85. The maximum absolute atomic E-state index is 12.6. The largest absolute Gasteiger partial charge is 0.356 e. The third-order valence-electron chi connectivity index (χ3n) is 2.60. The van der Waals surface area contributed by atoms with E-state index in [9.17, 15) is 9.18 Å². The highest BCUT2D eigenvalue weighted by atomic mass is 35.5. The van der Waals surface area contributed by atoms with Gasteiger partial charge in [-0.2, -0.15) is 0 Å². The van der Waals surface area contributed by atoms with Gasteiger partial charge < -0.3 is 11.1 Å². The molecular weight excluding hydrogens is 255 g/mol. The first-order valence-corrected chi connectivity index (χ1v) is 5.83. The second-order valence-electron chi connectivity index (χ2n) is 4.27. The number of halogens is 2. The average Bonchev–Trinajstić information content (AvgIpc) is 2.35. The molecule has 3 nitrogen and oxygen atoms in total. The maximum atomic E-state index is 12.6. The summed E-state index contributed by atoms with van der Waals surface area (Å²) < 4.78 is 12.6. The predicted molar refractivity (Wildman–Crippen MR) is 73.2 cm³/mol. The van der Waals surface area contributed by atoms with Crippen LogP contribution in [-0.2, 0) is 11.2 Å². The molecule has 102 valence electrons. The zero-order valence-electron chi connectivity index (χ0n) is 10.5. The molecule has 1 aromatic carbocycles. The molecule has 0 radical (unpaired) electrons. The van der Waals surface area contributed by atoms with Crippen LogP contribution in [0.1, 0.15) is 18.9 Å². The summed E-state index contributed by atoms with van der Waals surface area (Å²) in [6.07, 6.45) is 1.05. The molecule has 0 aromatic heterocycles. The molecule has 5 heteroatoms. The Morgan fingerprint density at radius 1 is 1.39 bits per heavy atom. The van der Waals surface area contributed by atoms with E-state index in [1.54, 1.807) is 12.1 Å². The minimum Gasteiger partial charge on any atom is -0.356 e. The van der Waals surface area contributed by atoms with Crippen LogP contribution in [0.3, 0.4) is 0 Å². The molecule has 0 aliphatic carbocycles. The van der Waals surface area contributed by atoms with Crippen LogP contribution in [0, 0.1) is 11.7 Å². The summed E-state index contributed by atoms with van der Waals surface area (Å²) >= 11 is 0. The Balaban J connectivity index is 0.00000289. The summed E-state index contributed by atoms with van der Waals surface area (Å²) in [6.45, 7) is 3.16. The zero-order chi connectivity index (χ0) is 12.7. The van der Waals surface area contributed by atoms with Gasteiger partial charge >= 0.3 is 0 Å². The van der Waals surface area contributed by atoms with Gasteiger partial charge in [0.05, 0.1) is 0 Å². The van der Waals surface area contributed by atoms with Gasteiger partial charge in [0.15, 0.2) is 0 Å². The van der Waals surface area contributed by atoms with Crippen LogP contribution in [0.5, 0.6) is 0 Å². The number of amides is 1. The van der Waals surface area contributed by atoms with Gasteiger partial charge in [-0.3, -0.25) is 4.79 Å². The molecule has 1 atom stereocenters. The Hall–Kier alpha value is -1.13. The normalized spacial score (nSPS) is 11.5. The van der Waals surface area contributed by atoms with E-state index in [1.165, 1.54) is 12.1 Å². The van der Waals surface area contributed by atoms with Crippen LogP contribution in [0.4, 0.5) is 4.39 Å². The molecule has 18 heavy (non-hydrogen) atoms. The second-order valence-corrected chi connectivity index (χ2v) is 4.27. The molecule has 0 saturated carbocycles. The minimum atomic E-state index is -0.255. The molecule has 0 aliphatic heterocycles. The van der Waals surface area contributed by atoms with E-state index in [-0.39, 0.29) is 24.1 Å². The van der Waals surface area contributed by atoms with E-state index < -0.39 is 0 Å². The van der Waals surface area contributed by atoms with Crippen LogP contribution in [0.15, 0.2) is 24.3 Å². The number of nitrogens with two attached hydrogens (primary N) is 1. The van der Waals surface area contributed by atoms with Gasteiger partial charge in [0.2, 0.25) is 5.91 Å². The molecule has 1 rings (SSSR count). The third kappa shape index (κ3) is 6.57. The zero-order valence-corrected chi connectivity index (χ0v) is 11.3. The predicted octanol–water partition coefficient (Wildman–Crippen LogP) is 1.89. The standard InChI is InChI=1S/C13H19FN2O.ClH/c1-10(8-15)9-16-13(17)7-4-11-2-5-12(14)6-3-11;/h2-3,5-6,10H,4,7-9,15H2,1H3,(H,16,17);1H. The van der Waals surface area contributed by atoms with Crippen molar-refractivity contribution in [3.8, 4) is 0 Å². The van der Waals surface area contributed by atoms with Crippen molar-refractivity contribution in [2.45, 2.75) is 19.8 Å². The number of rotatable bonds is 6. The van der Waals surface area contributed by atoms with Gasteiger partial charge in [-0.1, -0.05) is 19.1 Å². The van der Waals surface area contributed by atoms with Crippen LogP contribution in [0.2, 0.25) is 0 Å². The van der Waals surface area contributed by atoms with Crippen molar-refractivity contribution in [1.82, 2.24) is 5.32 Å². The van der Waals surface area contributed by atoms with E-state index in [0.29, 0.717) is 31.8 Å². The Labute approximate surface area is 113 Å². The van der Waals surface area contributed by atoms with Crippen molar-refractivity contribution in [1.29, 1.82) is 0 Å². The second kappa shape index (κ2) is 8.89. The van der Waals surface area contributed by atoms with Crippen molar-refractivity contribution in [3.05, 3.63) is 35.6 Å². The lowest BCUT2D eigenvalue weighted by Crippen LogP contribution is -2.31. The molecule has 0 fully saturated rings. The van der Waals surface area contributed by atoms with Crippen LogP contribution >= 0.6 is 12.4 Å². The minimum absolute atomic E-state index is 0. The maximum Gasteiger partial charge on any atom is 0.220 e. The number of carbonyl (C=O) groups is 1. The number of nitrogens with one attached hydrogen (secondary N) is 1. The Morgan fingerprint density at radius 2 is 2.00 bits per heavy atom. The number of carbonyl (C=O) groups excluding carboxylic acids is 1. The van der Waals surface area contributed by atoms with E-state index in [1.807, 2.05) is 6.92 Å². The van der Waals surface area contributed by atoms with Crippen molar-refractivity contribution in [2.24, 2.45) is 11.7 Å². The fourth-order valence-corrected chi connectivity index (χ4v) is 1.37. The summed E-state index contributed by atoms with van der Waals surface area (Å²) in [5, 5.41) is 2.82. The van der Waals surface area contributed by atoms with Gasteiger partial charge in [-0.15, -0.1) is 12.4 Å². The molecule has 1 aromatic rings. The molecule has 1 amide bonds. The Bertz CT molecular complexity index is 357. The number of hydrogen-bond donors (Lipinski definition) is 2. The smallest absolute Gasteiger partial charge is 0.220 e. The topological polar surface area (TPSA) is 55.1 Å². The lowest BCUT2D eigenvalue weighted by Gasteiger charge is -2.09. The van der Waals surface area contributed by atoms with Crippen LogP contribution in [0.25, 0.3) is 0 Å². The third-order valence-corrected chi connectivity index (χ3v) is 2.60. The number of benzene rings is 1. The van der Waals surface area contributed by atoms with Gasteiger partial charge in [0.1, 0.15) is 5.82 Å². The fourth-order valence-electron chi connectivity index (χ4n) is 1.37. The first kappa shape index (κ1) is 16.9. The molecule has 0 saturated heterocycles. The molecule has 0 spiro atoms. The van der Waals surface area contributed by atoms with Crippen molar-refractivity contribution in [3.63, 3.8) is 0 Å². The molecular formula is C13H20ClFN2O. The number of hydrogen-bond acceptors (Lipinski definition) is 2. The first-order valence-electron chi connectivity index (χ1n) is 5.83. The SMILES string of the molecule is CC(CN)CNC(=O)CCc1ccc(F)cc1.Cl. The average molecular weight is 275 g/mol. The molecule has 3 N–H and O–H groups in total. The van der Waals surface area contributed by atoms with Crippen LogP contribution < -0.4 is 11.1 Å². The van der Waals surface area contributed by atoms with Crippen molar-refractivity contribution in [2.75, 3.05) is 13.1 Å². The van der Waals surface area contributed by atoms with Gasteiger partial charge in [-0.25, -0.2) is 4.39 Å². The monoisotopic (exact) mass is 274 g/mol. The lowest BCUT2D eigenvalue weighted by molar-refractivity contribution is -0.121. The van der Waals surface area contributed by atoms with Crippen molar-refractivity contribution >= 4 is 18.3 Å². The summed E-state index contributed by atoms with van der Waals surface area (Å²) in [7, 11) is 0. The Kier molecular flexibility index (Phi) is 8.33. The van der Waals surface area contributed by atoms with Crippen LogP contribution in [-0.4, -0.2) is 19.0 Å². The van der Waals surface area contributed by atoms with E-state index in [0.717, 1.165) is 5.56 Å². The van der Waals surface area contributed by atoms with Gasteiger partial charge in [0, 0.05) is 13.0 Å². The molecule has 0 heterocycles. The summed E-state index contributed by atoms with van der Waals surface area (Å²) in [5.41, 5.74) is 6.42. The van der Waals surface area contributed by atoms with E-state index >= 15 is 0 Å². The van der Waals surface area contributed by atoms with Crippen molar-refractivity contribution < 1.29 is 9.18 Å². The lowest BCUT2D eigenvalue weighted by atomic mass is 10.1. The fraction of sp³-hybridized carbons (Fsp3) is 0.462. The summed E-state index contributed by atoms with van der Waals surface area (Å²) in [5.74, 6) is 0.0503. The first-order chi connectivity index (χ1) is 8.11. The van der Waals surface area contributed by atoms with Gasteiger partial charge in [-0.05, 0) is 36.6 Å². The summed E-state index contributed by atoms with van der Waals surface area (Å²) in [6, 6.07) is 6.21.